The van der Waals surface area contributed by atoms with Gasteiger partial charge in [0.05, 0.1) is 13.7 Å². The lowest BCUT2D eigenvalue weighted by atomic mass is 9.97. The first-order valence-corrected chi connectivity index (χ1v) is 8.69. The van der Waals surface area contributed by atoms with Gasteiger partial charge in [0.2, 0.25) is 0 Å². The van der Waals surface area contributed by atoms with E-state index in [-0.39, 0.29) is 11.8 Å². The summed E-state index contributed by atoms with van der Waals surface area (Å²) >= 11 is 5.00. The van der Waals surface area contributed by atoms with Gasteiger partial charge in [-0.25, -0.2) is 4.79 Å². The number of hydrogen-bond donors (Lipinski definition) is 1. The number of ether oxygens (including phenoxy) is 6. The summed E-state index contributed by atoms with van der Waals surface area (Å²) in [6.07, 6.45) is -6.89. The van der Waals surface area contributed by atoms with Gasteiger partial charge in [0, 0.05) is 20.8 Å². The maximum atomic E-state index is 12.2. The molecule has 0 saturated carbocycles. The van der Waals surface area contributed by atoms with E-state index in [9.17, 15) is 19.2 Å². The Morgan fingerprint density at radius 1 is 0.929 bits per heavy atom. The molecule has 1 fully saturated rings. The Bertz CT molecular complexity index is 625. The molecule has 0 unspecified atom stereocenters. The molecule has 0 spiro atoms. The lowest BCUT2D eigenvalue weighted by Crippen LogP contribution is -2.67. The molecule has 0 aliphatic carbocycles. The number of methoxy groups -OCH3 is 1. The fraction of sp³-hybridized carbons (Fsp3) is 0.688. The van der Waals surface area contributed by atoms with Gasteiger partial charge >= 0.3 is 23.9 Å². The zero-order chi connectivity index (χ0) is 21.4. The first kappa shape index (κ1) is 23.6. The van der Waals surface area contributed by atoms with E-state index in [4.69, 9.17) is 35.9 Å². The number of thiocarbonyl (C=S) groups is 1. The van der Waals surface area contributed by atoms with Crippen LogP contribution in [0.1, 0.15) is 27.7 Å². The summed E-state index contributed by atoms with van der Waals surface area (Å²) in [5, 5.41) is 2.52. The van der Waals surface area contributed by atoms with Gasteiger partial charge in [-0.3, -0.25) is 14.4 Å². The minimum Gasteiger partial charge on any atom is -0.471 e. The van der Waals surface area contributed by atoms with Crippen molar-refractivity contribution in [2.75, 3.05) is 13.7 Å². The summed E-state index contributed by atoms with van der Waals surface area (Å²) in [6.45, 7) is 5.24. The molecule has 0 radical (unpaired) electrons. The topological polar surface area (TPSA) is 136 Å². The number of rotatable bonds is 6. The van der Waals surface area contributed by atoms with Crippen molar-refractivity contribution in [3.05, 3.63) is 0 Å². The fourth-order valence-electron chi connectivity index (χ4n) is 2.52. The molecule has 0 amide bonds. The van der Waals surface area contributed by atoms with Gasteiger partial charge in [-0.1, -0.05) is 0 Å². The van der Waals surface area contributed by atoms with Crippen molar-refractivity contribution in [2.24, 2.45) is 0 Å². The summed E-state index contributed by atoms with van der Waals surface area (Å²) in [5.74, 6) is -3.19. The molecule has 28 heavy (non-hydrogen) atoms. The molecule has 1 heterocycles. The predicted molar refractivity (Wildman–Crippen MR) is 94.7 cm³/mol. The Balaban J connectivity index is 3.36. The van der Waals surface area contributed by atoms with Crippen LogP contribution in [0.25, 0.3) is 0 Å². The second-order valence-electron chi connectivity index (χ2n) is 5.59. The van der Waals surface area contributed by atoms with Crippen LogP contribution < -0.4 is 5.32 Å². The van der Waals surface area contributed by atoms with Crippen molar-refractivity contribution < 1.29 is 47.6 Å². The van der Waals surface area contributed by atoms with Crippen LogP contribution in [0.15, 0.2) is 0 Å². The highest BCUT2D eigenvalue weighted by Crippen LogP contribution is 2.28. The van der Waals surface area contributed by atoms with Crippen LogP contribution in [0, 0.1) is 0 Å². The van der Waals surface area contributed by atoms with Gasteiger partial charge in [-0.2, -0.15) is 0 Å². The van der Waals surface area contributed by atoms with E-state index in [2.05, 4.69) is 10.1 Å². The standard InChI is InChI=1S/C16H23NO10S/c1-6-23-16(28)17-14-12(26-9(4)20)10(24-7(2)18)11(25-8(3)19)13(27-14)15(21)22-5/h10-14H,6H2,1-5H3,(H,17,28)/t10-,11-,12+,13-,14+/m0/s1. The molecule has 1 saturated heterocycles. The van der Waals surface area contributed by atoms with Crippen molar-refractivity contribution >= 4 is 41.3 Å². The molecule has 5 atom stereocenters. The Morgan fingerprint density at radius 3 is 1.89 bits per heavy atom. The minimum atomic E-state index is -1.49. The van der Waals surface area contributed by atoms with Gasteiger partial charge in [0.15, 0.2) is 30.6 Å². The van der Waals surface area contributed by atoms with Crippen molar-refractivity contribution in [3.63, 3.8) is 0 Å². The third-order valence-electron chi connectivity index (χ3n) is 3.41. The van der Waals surface area contributed by atoms with Crippen molar-refractivity contribution in [2.45, 2.75) is 58.3 Å². The van der Waals surface area contributed by atoms with E-state index < -0.39 is 54.5 Å². The monoisotopic (exact) mass is 421 g/mol. The maximum absolute atomic E-state index is 12.2. The highest BCUT2D eigenvalue weighted by atomic mass is 32.1. The van der Waals surface area contributed by atoms with Crippen LogP contribution in [0.5, 0.6) is 0 Å². The number of esters is 4. The molecule has 1 aliphatic rings. The molecule has 1 N–H and O–H groups in total. The average molecular weight is 421 g/mol. The average Bonchev–Trinajstić information content (AvgIpc) is 2.58. The lowest BCUT2D eigenvalue weighted by molar-refractivity contribution is -0.251. The first-order chi connectivity index (χ1) is 13.1. The number of hydrogen-bond acceptors (Lipinski definition) is 11. The normalized spacial score (nSPS) is 26.4. The van der Waals surface area contributed by atoms with Crippen LogP contribution in [0.3, 0.4) is 0 Å². The quantitative estimate of drug-likeness (QED) is 0.339. The number of carbonyl (C=O) groups excluding carboxylic acids is 4. The summed E-state index contributed by atoms with van der Waals surface area (Å²) in [7, 11) is 1.10. The second kappa shape index (κ2) is 10.8. The fourth-order valence-corrected chi connectivity index (χ4v) is 2.76. The summed E-state index contributed by atoms with van der Waals surface area (Å²) < 4.78 is 30.9. The Morgan fingerprint density at radius 2 is 1.43 bits per heavy atom. The van der Waals surface area contributed by atoms with Crippen molar-refractivity contribution in [1.29, 1.82) is 0 Å². The second-order valence-corrected chi connectivity index (χ2v) is 5.96. The van der Waals surface area contributed by atoms with E-state index in [1.807, 2.05) is 0 Å². The SMILES string of the molecule is CCOC(=S)N[C@@H]1O[C@H](C(=O)OC)[C@@H](OC(C)=O)[C@H](OC(C)=O)[C@H]1OC(C)=O. The smallest absolute Gasteiger partial charge is 0.339 e. The summed E-state index contributed by atoms with van der Waals surface area (Å²) in [5.41, 5.74) is 0. The maximum Gasteiger partial charge on any atom is 0.339 e. The molecular formula is C16H23NO10S. The van der Waals surface area contributed by atoms with Crippen molar-refractivity contribution in [3.8, 4) is 0 Å². The van der Waals surface area contributed by atoms with Gasteiger partial charge in [0.25, 0.3) is 5.17 Å². The molecule has 0 aromatic rings. The molecule has 0 bridgehead atoms. The molecule has 11 nitrogen and oxygen atoms in total. The van der Waals surface area contributed by atoms with Gasteiger partial charge < -0.3 is 33.7 Å². The zero-order valence-electron chi connectivity index (χ0n) is 16.1. The number of nitrogens with one attached hydrogen (secondary N) is 1. The van der Waals surface area contributed by atoms with Gasteiger partial charge in [-0.15, -0.1) is 0 Å². The Labute approximate surface area is 166 Å². The van der Waals surface area contributed by atoms with E-state index in [1.54, 1.807) is 6.92 Å². The van der Waals surface area contributed by atoms with E-state index >= 15 is 0 Å². The summed E-state index contributed by atoms with van der Waals surface area (Å²) in [6, 6.07) is 0. The third kappa shape index (κ3) is 6.60. The molecule has 0 aromatic heterocycles. The van der Waals surface area contributed by atoms with Gasteiger partial charge in [0.1, 0.15) is 0 Å². The molecule has 1 aliphatic heterocycles. The molecule has 0 aromatic carbocycles. The molecule has 158 valence electrons. The highest BCUT2D eigenvalue weighted by Gasteiger charge is 2.55. The minimum absolute atomic E-state index is 0.110. The Kier molecular flexibility index (Phi) is 9.06. The zero-order valence-corrected chi connectivity index (χ0v) is 16.9. The summed E-state index contributed by atoms with van der Waals surface area (Å²) in [4.78, 5) is 46.9. The van der Waals surface area contributed by atoms with Gasteiger partial charge in [-0.05, 0) is 19.1 Å². The van der Waals surface area contributed by atoms with E-state index in [1.165, 1.54) is 0 Å². The number of carbonyl (C=O) groups is 4. The first-order valence-electron chi connectivity index (χ1n) is 8.28. The predicted octanol–water partition coefficient (Wildman–Crippen LogP) is -0.410. The highest BCUT2D eigenvalue weighted by molar-refractivity contribution is 7.80. The van der Waals surface area contributed by atoms with Crippen LogP contribution in [-0.2, 0) is 47.6 Å². The van der Waals surface area contributed by atoms with E-state index in [0.717, 1.165) is 27.9 Å². The Hall–Kier alpha value is -2.47. The molecule has 12 heteroatoms. The van der Waals surface area contributed by atoms with Crippen LogP contribution in [0.2, 0.25) is 0 Å². The van der Waals surface area contributed by atoms with Crippen LogP contribution in [0.4, 0.5) is 0 Å². The third-order valence-corrected chi connectivity index (χ3v) is 3.65. The molecule has 1 rings (SSSR count). The lowest BCUT2D eigenvalue weighted by Gasteiger charge is -2.43. The molecular weight excluding hydrogens is 398 g/mol. The van der Waals surface area contributed by atoms with E-state index in [0.29, 0.717) is 0 Å². The largest absolute Gasteiger partial charge is 0.471 e. The van der Waals surface area contributed by atoms with Crippen LogP contribution in [-0.4, -0.2) is 73.4 Å². The van der Waals surface area contributed by atoms with Crippen molar-refractivity contribution in [1.82, 2.24) is 5.32 Å². The van der Waals surface area contributed by atoms with Crippen LogP contribution >= 0.6 is 12.2 Å².